The van der Waals surface area contributed by atoms with Gasteiger partial charge in [0.05, 0.1) is 4.92 Å². The predicted molar refractivity (Wildman–Crippen MR) is 71.1 cm³/mol. The molecular formula is C13H17N3O3. The number of benzene rings is 1. The molecule has 0 atom stereocenters. The number of nitro benzene ring substituents is 1. The second-order valence-electron chi connectivity index (χ2n) is 5.04. The van der Waals surface area contributed by atoms with Crippen molar-refractivity contribution in [3.8, 4) is 0 Å². The van der Waals surface area contributed by atoms with E-state index in [-0.39, 0.29) is 22.7 Å². The second kappa shape index (κ2) is 5.36. The first-order chi connectivity index (χ1) is 9.02. The van der Waals surface area contributed by atoms with Crippen molar-refractivity contribution in [2.24, 2.45) is 0 Å². The van der Waals surface area contributed by atoms with Crippen molar-refractivity contribution in [3.05, 3.63) is 39.9 Å². The molecule has 2 N–H and O–H groups in total. The Hall–Kier alpha value is -1.95. The average Bonchev–Trinajstić information content (AvgIpc) is 2.39. The molecule has 0 spiro atoms. The van der Waals surface area contributed by atoms with Gasteiger partial charge in [0.2, 0.25) is 0 Å². The summed E-state index contributed by atoms with van der Waals surface area (Å²) in [6, 6.07) is 6.02. The van der Waals surface area contributed by atoms with Crippen molar-refractivity contribution in [2.75, 3.05) is 13.1 Å². The number of amides is 1. The standard InChI is InChI=1S/C13H17N3O3/c1-13(6-8-14-9-7-13)15-12(17)10-4-2-3-5-11(10)16(18)19/h2-5,14H,6-9H2,1H3,(H,15,17). The Balaban J connectivity index is 2.18. The molecule has 102 valence electrons. The number of carbonyl (C=O) groups excluding carboxylic acids is 1. The van der Waals surface area contributed by atoms with Crippen LogP contribution in [0.25, 0.3) is 0 Å². The van der Waals surface area contributed by atoms with E-state index in [2.05, 4.69) is 10.6 Å². The fourth-order valence-electron chi connectivity index (χ4n) is 2.27. The number of piperidine rings is 1. The third-order valence-electron chi connectivity index (χ3n) is 3.47. The molecule has 1 aliphatic heterocycles. The molecule has 1 amide bonds. The lowest BCUT2D eigenvalue weighted by atomic mass is 9.90. The maximum Gasteiger partial charge on any atom is 0.282 e. The maximum absolute atomic E-state index is 12.2. The zero-order valence-electron chi connectivity index (χ0n) is 10.8. The van der Waals surface area contributed by atoms with Gasteiger partial charge in [-0.15, -0.1) is 0 Å². The lowest BCUT2D eigenvalue weighted by Crippen LogP contribution is -2.52. The van der Waals surface area contributed by atoms with Crippen LogP contribution >= 0.6 is 0 Å². The summed E-state index contributed by atoms with van der Waals surface area (Å²) in [5, 5.41) is 17.1. The molecule has 2 rings (SSSR count). The second-order valence-corrected chi connectivity index (χ2v) is 5.04. The molecule has 1 aliphatic rings. The third-order valence-corrected chi connectivity index (χ3v) is 3.47. The molecule has 0 radical (unpaired) electrons. The van der Waals surface area contributed by atoms with Crippen molar-refractivity contribution < 1.29 is 9.72 Å². The van der Waals surface area contributed by atoms with Gasteiger partial charge in [0, 0.05) is 11.6 Å². The van der Waals surface area contributed by atoms with Gasteiger partial charge >= 0.3 is 0 Å². The molecule has 0 bridgehead atoms. The lowest BCUT2D eigenvalue weighted by molar-refractivity contribution is -0.385. The summed E-state index contributed by atoms with van der Waals surface area (Å²) in [7, 11) is 0. The molecule has 0 unspecified atom stereocenters. The summed E-state index contributed by atoms with van der Waals surface area (Å²) in [6.07, 6.45) is 1.64. The summed E-state index contributed by atoms with van der Waals surface area (Å²) in [5.41, 5.74) is -0.337. The molecule has 1 aromatic rings. The van der Waals surface area contributed by atoms with E-state index in [9.17, 15) is 14.9 Å². The highest BCUT2D eigenvalue weighted by molar-refractivity contribution is 5.98. The van der Waals surface area contributed by atoms with Crippen LogP contribution in [0, 0.1) is 10.1 Å². The van der Waals surface area contributed by atoms with Crippen molar-refractivity contribution in [1.29, 1.82) is 0 Å². The monoisotopic (exact) mass is 263 g/mol. The zero-order chi connectivity index (χ0) is 13.9. The fraction of sp³-hybridized carbons (Fsp3) is 0.462. The molecular weight excluding hydrogens is 246 g/mol. The number of rotatable bonds is 3. The number of hydrogen-bond acceptors (Lipinski definition) is 4. The van der Waals surface area contributed by atoms with E-state index in [0.717, 1.165) is 25.9 Å². The minimum Gasteiger partial charge on any atom is -0.347 e. The number of nitrogens with one attached hydrogen (secondary N) is 2. The van der Waals surface area contributed by atoms with E-state index in [1.54, 1.807) is 12.1 Å². The van der Waals surface area contributed by atoms with E-state index in [1.165, 1.54) is 12.1 Å². The summed E-state index contributed by atoms with van der Waals surface area (Å²) in [6.45, 7) is 3.65. The van der Waals surface area contributed by atoms with Gasteiger partial charge < -0.3 is 10.6 Å². The van der Waals surface area contributed by atoms with Crippen LogP contribution in [0.3, 0.4) is 0 Å². The highest BCUT2D eigenvalue weighted by atomic mass is 16.6. The van der Waals surface area contributed by atoms with Crippen LogP contribution in [0.1, 0.15) is 30.1 Å². The maximum atomic E-state index is 12.2. The Kier molecular flexibility index (Phi) is 3.80. The van der Waals surface area contributed by atoms with Crippen LogP contribution in [0.15, 0.2) is 24.3 Å². The molecule has 19 heavy (non-hydrogen) atoms. The Morgan fingerprint density at radius 2 is 2.00 bits per heavy atom. The molecule has 1 heterocycles. The van der Waals surface area contributed by atoms with Gasteiger partial charge in [-0.05, 0) is 38.9 Å². The average molecular weight is 263 g/mol. The number of carbonyl (C=O) groups is 1. The normalized spacial score (nSPS) is 17.7. The summed E-state index contributed by atoms with van der Waals surface area (Å²) in [4.78, 5) is 22.6. The van der Waals surface area contributed by atoms with Crippen molar-refractivity contribution in [1.82, 2.24) is 10.6 Å². The number of nitrogens with zero attached hydrogens (tertiary/aromatic N) is 1. The zero-order valence-corrected chi connectivity index (χ0v) is 10.8. The van der Waals surface area contributed by atoms with Gasteiger partial charge in [0.15, 0.2) is 0 Å². The van der Waals surface area contributed by atoms with Crippen LogP contribution in [0.5, 0.6) is 0 Å². The molecule has 1 aromatic carbocycles. The number of para-hydroxylation sites is 1. The van der Waals surface area contributed by atoms with Crippen LogP contribution in [-0.2, 0) is 0 Å². The highest BCUT2D eigenvalue weighted by Crippen LogP contribution is 2.21. The van der Waals surface area contributed by atoms with Gasteiger partial charge in [0.25, 0.3) is 11.6 Å². The quantitative estimate of drug-likeness (QED) is 0.639. The van der Waals surface area contributed by atoms with E-state index >= 15 is 0 Å². The van der Waals surface area contributed by atoms with Gasteiger partial charge in [0.1, 0.15) is 5.56 Å². The number of nitro groups is 1. The molecule has 6 nitrogen and oxygen atoms in total. The third kappa shape index (κ3) is 3.08. The smallest absolute Gasteiger partial charge is 0.282 e. The van der Waals surface area contributed by atoms with Crippen molar-refractivity contribution >= 4 is 11.6 Å². The van der Waals surface area contributed by atoms with Crippen molar-refractivity contribution in [3.63, 3.8) is 0 Å². The fourth-order valence-corrected chi connectivity index (χ4v) is 2.27. The largest absolute Gasteiger partial charge is 0.347 e. The minimum atomic E-state index is -0.528. The first-order valence-corrected chi connectivity index (χ1v) is 6.28. The van der Waals surface area contributed by atoms with E-state index < -0.39 is 4.92 Å². The Morgan fingerprint density at radius 3 is 2.63 bits per heavy atom. The van der Waals surface area contributed by atoms with Crippen LogP contribution in [0.4, 0.5) is 5.69 Å². The predicted octanol–water partition coefficient (Wildman–Crippen LogP) is 1.47. The number of hydrogen-bond donors (Lipinski definition) is 2. The topological polar surface area (TPSA) is 84.3 Å². The van der Waals surface area contributed by atoms with E-state index in [0.29, 0.717) is 0 Å². The molecule has 6 heteroatoms. The molecule has 1 fully saturated rings. The molecule has 0 saturated carbocycles. The summed E-state index contributed by atoms with van der Waals surface area (Å²) < 4.78 is 0. The van der Waals surface area contributed by atoms with Gasteiger partial charge in [-0.3, -0.25) is 14.9 Å². The first-order valence-electron chi connectivity index (χ1n) is 6.28. The van der Waals surface area contributed by atoms with Gasteiger partial charge in [-0.1, -0.05) is 12.1 Å². The molecule has 1 saturated heterocycles. The minimum absolute atomic E-state index is 0.118. The lowest BCUT2D eigenvalue weighted by Gasteiger charge is -2.34. The van der Waals surface area contributed by atoms with E-state index in [1.807, 2.05) is 6.92 Å². The van der Waals surface area contributed by atoms with Crippen molar-refractivity contribution in [2.45, 2.75) is 25.3 Å². The Labute approximate surface area is 111 Å². The van der Waals surface area contributed by atoms with Crippen LogP contribution in [-0.4, -0.2) is 29.5 Å². The van der Waals surface area contributed by atoms with E-state index in [4.69, 9.17) is 0 Å². The van der Waals surface area contributed by atoms with Gasteiger partial charge in [-0.2, -0.15) is 0 Å². The molecule has 0 aromatic heterocycles. The van der Waals surface area contributed by atoms with Crippen LogP contribution in [0.2, 0.25) is 0 Å². The molecule has 0 aliphatic carbocycles. The Morgan fingerprint density at radius 1 is 1.37 bits per heavy atom. The van der Waals surface area contributed by atoms with Crippen LogP contribution < -0.4 is 10.6 Å². The first kappa shape index (κ1) is 13.5. The Bertz CT molecular complexity index is 496. The summed E-state index contributed by atoms with van der Waals surface area (Å²) >= 11 is 0. The highest BCUT2D eigenvalue weighted by Gasteiger charge is 2.30. The SMILES string of the molecule is CC1(NC(=O)c2ccccc2[N+](=O)[O-])CCNCC1. The summed E-state index contributed by atoms with van der Waals surface area (Å²) in [5.74, 6) is -0.378. The van der Waals surface area contributed by atoms with Gasteiger partial charge in [-0.25, -0.2) is 0 Å².